The summed E-state index contributed by atoms with van der Waals surface area (Å²) >= 11 is 7.74. The number of thiazole rings is 1. The highest BCUT2D eigenvalue weighted by Gasteiger charge is 2.20. The molecule has 1 fully saturated rings. The lowest BCUT2D eigenvalue weighted by molar-refractivity contribution is -0.117. The fourth-order valence-electron chi connectivity index (χ4n) is 2.61. The number of anilines is 2. The molecule has 0 spiro atoms. The zero-order chi connectivity index (χ0) is 16.2. The zero-order valence-electron chi connectivity index (χ0n) is 13.0. The summed E-state index contributed by atoms with van der Waals surface area (Å²) in [6.45, 7) is 5.83. The first-order chi connectivity index (χ1) is 11.1. The molecule has 0 atom stereocenters. The molecule has 1 aliphatic heterocycles. The Morgan fingerprint density at radius 1 is 1.35 bits per heavy atom. The first-order valence-corrected chi connectivity index (χ1v) is 8.81. The van der Waals surface area contributed by atoms with Crippen LogP contribution in [-0.4, -0.2) is 48.5 Å². The molecule has 0 bridgehead atoms. The van der Waals surface area contributed by atoms with Crippen molar-refractivity contribution < 1.29 is 4.79 Å². The normalized spacial score (nSPS) is 15.7. The lowest BCUT2D eigenvalue weighted by Crippen LogP contribution is -2.48. The minimum Gasteiger partial charge on any atom is -0.346 e. The molecule has 0 radical (unpaired) electrons. The Balaban J connectivity index is 1.50. The van der Waals surface area contributed by atoms with Crippen LogP contribution in [0.4, 0.5) is 10.8 Å². The van der Waals surface area contributed by atoms with Crippen LogP contribution < -0.4 is 10.2 Å². The van der Waals surface area contributed by atoms with Gasteiger partial charge in [-0.25, -0.2) is 4.98 Å². The second-order valence-corrected chi connectivity index (χ2v) is 6.82. The molecule has 2 aromatic rings. The number of nitrogens with one attached hydrogen (secondary N) is 1. The Hall–Kier alpha value is -1.63. The van der Waals surface area contributed by atoms with Crippen molar-refractivity contribution in [3.8, 4) is 0 Å². The predicted molar refractivity (Wildman–Crippen MR) is 95.6 cm³/mol. The number of piperazine rings is 1. The topological polar surface area (TPSA) is 48.5 Å². The Labute approximate surface area is 144 Å². The number of amides is 1. The summed E-state index contributed by atoms with van der Waals surface area (Å²) in [6.07, 6.45) is 1.83. The second kappa shape index (κ2) is 7.29. The van der Waals surface area contributed by atoms with E-state index in [4.69, 9.17) is 11.6 Å². The van der Waals surface area contributed by atoms with Gasteiger partial charge in [-0.15, -0.1) is 11.3 Å². The Bertz CT molecular complexity index is 669. The lowest BCUT2D eigenvalue weighted by atomic mass is 10.2. The van der Waals surface area contributed by atoms with Gasteiger partial charge in [0.1, 0.15) is 0 Å². The highest BCUT2D eigenvalue weighted by molar-refractivity contribution is 7.13. The van der Waals surface area contributed by atoms with Crippen LogP contribution >= 0.6 is 22.9 Å². The summed E-state index contributed by atoms with van der Waals surface area (Å²) in [4.78, 5) is 21.0. The van der Waals surface area contributed by atoms with Crippen molar-refractivity contribution in [3.63, 3.8) is 0 Å². The van der Waals surface area contributed by atoms with E-state index >= 15 is 0 Å². The molecule has 3 rings (SSSR count). The van der Waals surface area contributed by atoms with Crippen LogP contribution in [0, 0.1) is 6.92 Å². The second-order valence-electron chi connectivity index (χ2n) is 5.54. The van der Waals surface area contributed by atoms with Gasteiger partial charge in [0, 0.05) is 48.5 Å². The molecule has 1 N–H and O–H groups in total. The first kappa shape index (κ1) is 16.2. The molecular weight excluding hydrogens is 332 g/mol. The molecule has 5 nitrogen and oxygen atoms in total. The van der Waals surface area contributed by atoms with E-state index in [1.807, 2.05) is 36.7 Å². The maximum Gasteiger partial charge on any atom is 0.238 e. The molecule has 1 aromatic carbocycles. The van der Waals surface area contributed by atoms with Crippen molar-refractivity contribution in [2.75, 3.05) is 42.9 Å². The van der Waals surface area contributed by atoms with Gasteiger partial charge in [0.15, 0.2) is 5.13 Å². The standard InChI is InChI=1S/C16H19ClN4OS/c1-12-13(17)3-2-4-14(12)19-15(22)11-20-6-8-21(9-7-20)16-18-5-10-23-16/h2-5,10H,6-9,11H2,1H3,(H,19,22). The first-order valence-electron chi connectivity index (χ1n) is 7.55. The predicted octanol–water partition coefficient (Wildman–Crippen LogP) is 2.87. The van der Waals surface area contributed by atoms with Crippen molar-refractivity contribution in [3.05, 3.63) is 40.4 Å². The Kier molecular flexibility index (Phi) is 5.15. The Morgan fingerprint density at radius 3 is 2.83 bits per heavy atom. The molecule has 23 heavy (non-hydrogen) atoms. The molecule has 122 valence electrons. The maximum absolute atomic E-state index is 12.2. The van der Waals surface area contributed by atoms with E-state index in [0.717, 1.165) is 42.6 Å². The number of halogens is 1. The Morgan fingerprint density at radius 2 is 2.13 bits per heavy atom. The summed E-state index contributed by atoms with van der Waals surface area (Å²) < 4.78 is 0. The van der Waals surface area contributed by atoms with E-state index in [9.17, 15) is 4.79 Å². The number of rotatable bonds is 4. The van der Waals surface area contributed by atoms with Gasteiger partial charge in [-0.05, 0) is 24.6 Å². The molecule has 0 unspecified atom stereocenters. The van der Waals surface area contributed by atoms with Crippen LogP contribution in [-0.2, 0) is 4.79 Å². The molecule has 1 aromatic heterocycles. The fraction of sp³-hybridized carbons (Fsp3) is 0.375. The van der Waals surface area contributed by atoms with Gasteiger partial charge in [0.25, 0.3) is 0 Å². The molecule has 7 heteroatoms. The highest BCUT2D eigenvalue weighted by atomic mass is 35.5. The third-order valence-corrected chi connectivity index (χ3v) is 5.21. The van der Waals surface area contributed by atoms with Crippen molar-refractivity contribution in [2.45, 2.75) is 6.92 Å². The minimum absolute atomic E-state index is 0.00179. The van der Waals surface area contributed by atoms with E-state index in [1.54, 1.807) is 11.3 Å². The van der Waals surface area contributed by atoms with Gasteiger partial charge in [0.2, 0.25) is 5.91 Å². The third kappa shape index (κ3) is 4.02. The van der Waals surface area contributed by atoms with E-state index < -0.39 is 0 Å². The largest absolute Gasteiger partial charge is 0.346 e. The molecule has 0 saturated carbocycles. The van der Waals surface area contributed by atoms with Gasteiger partial charge in [-0.2, -0.15) is 0 Å². The van der Waals surface area contributed by atoms with Crippen molar-refractivity contribution >= 4 is 39.7 Å². The van der Waals surface area contributed by atoms with Gasteiger partial charge in [-0.3, -0.25) is 9.69 Å². The summed E-state index contributed by atoms with van der Waals surface area (Å²) in [5, 5.41) is 6.66. The summed E-state index contributed by atoms with van der Waals surface area (Å²) in [5.41, 5.74) is 1.68. The van der Waals surface area contributed by atoms with Crippen molar-refractivity contribution in [1.82, 2.24) is 9.88 Å². The van der Waals surface area contributed by atoms with E-state index in [1.165, 1.54) is 0 Å². The van der Waals surface area contributed by atoms with Crippen LogP contribution in [0.15, 0.2) is 29.8 Å². The third-order valence-electron chi connectivity index (χ3n) is 3.97. The molecule has 1 aliphatic rings. The number of carbonyl (C=O) groups excluding carboxylic acids is 1. The molecule has 1 amide bonds. The van der Waals surface area contributed by atoms with Crippen LogP contribution in [0.25, 0.3) is 0 Å². The van der Waals surface area contributed by atoms with Gasteiger partial charge in [0.05, 0.1) is 6.54 Å². The summed E-state index contributed by atoms with van der Waals surface area (Å²) in [6, 6.07) is 5.54. The average Bonchev–Trinajstić information content (AvgIpc) is 3.07. The minimum atomic E-state index is -0.00179. The number of hydrogen-bond acceptors (Lipinski definition) is 5. The van der Waals surface area contributed by atoms with E-state index in [0.29, 0.717) is 11.6 Å². The van der Waals surface area contributed by atoms with E-state index in [2.05, 4.69) is 20.1 Å². The van der Waals surface area contributed by atoms with Gasteiger partial charge < -0.3 is 10.2 Å². The number of hydrogen-bond donors (Lipinski definition) is 1. The monoisotopic (exact) mass is 350 g/mol. The fourth-order valence-corrected chi connectivity index (χ4v) is 3.48. The molecule has 2 heterocycles. The van der Waals surface area contributed by atoms with E-state index in [-0.39, 0.29) is 5.91 Å². The van der Waals surface area contributed by atoms with Crippen LogP contribution in [0.3, 0.4) is 0 Å². The number of nitrogens with zero attached hydrogens (tertiary/aromatic N) is 3. The van der Waals surface area contributed by atoms with Crippen LogP contribution in [0.5, 0.6) is 0 Å². The number of benzene rings is 1. The summed E-state index contributed by atoms with van der Waals surface area (Å²) in [5.74, 6) is -0.00179. The van der Waals surface area contributed by atoms with Gasteiger partial charge >= 0.3 is 0 Å². The molecular formula is C16H19ClN4OS. The number of aromatic nitrogens is 1. The van der Waals surface area contributed by atoms with Crippen molar-refractivity contribution in [1.29, 1.82) is 0 Å². The number of carbonyl (C=O) groups is 1. The van der Waals surface area contributed by atoms with Crippen molar-refractivity contribution in [2.24, 2.45) is 0 Å². The quantitative estimate of drug-likeness (QED) is 0.921. The lowest BCUT2D eigenvalue weighted by Gasteiger charge is -2.34. The molecule has 0 aliphatic carbocycles. The average molecular weight is 351 g/mol. The smallest absolute Gasteiger partial charge is 0.238 e. The molecule has 1 saturated heterocycles. The van der Waals surface area contributed by atoms with Gasteiger partial charge in [-0.1, -0.05) is 17.7 Å². The maximum atomic E-state index is 12.2. The zero-order valence-corrected chi connectivity index (χ0v) is 14.5. The summed E-state index contributed by atoms with van der Waals surface area (Å²) in [7, 11) is 0. The highest BCUT2D eigenvalue weighted by Crippen LogP contribution is 2.23. The van der Waals surface area contributed by atoms with Crippen LogP contribution in [0.1, 0.15) is 5.56 Å². The SMILES string of the molecule is Cc1c(Cl)cccc1NC(=O)CN1CCN(c2nccs2)CC1. The van der Waals surface area contributed by atoms with Crippen LogP contribution in [0.2, 0.25) is 5.02 Å².